The molecule has 0 aromatic carbocycles. The summed E-state index contributed by atoms with van der Waals surface area (Å²) in [5.41, 5.74) is 8.79. The van der Waals surface area contributed by atoms with Crippen molar-refractivity contribution in [1.82, 2.24) is 5.43 Å². The van der Waals surface area contributed by atoms with Crippen molar-refractivity contribution in [2.45, 2.75) is 13.3 Å². The van der Waals surface area contributed by atoms with Crippen LogP contribution in [0.5, 0.6) is 0 Å². The van der Waals surface area contributed by atoms with Crippen molar-refractivity contribution in [3.05, 3.63) is 0 Å². The smallest absolute Gasteiger partial charge is 0.184 e. The zero-order valence-electron chi connectivity index (χ0n) is 7.04. The molecule has 3 N–H and O–H groups in total. The van der Waals surface area contributed by atoms with Gasteiger partial charge in [-0.3, -0.25) is 5.43 Å². The van der Waals surface area contributed by atoms with E-state index in [0.717, 1.165) is 25.3 Å². The Bertz CT molecular complexity index is 199. The standard InChI is InChI=1S/C7H13N3OS/c1-5(9-10-7(8)12)6-2-3-11-4-6/h6H,2-4H2,1H3,(H3,8,10,12)/b9-5+. The Labute approximate surface area is 77.2 Å². The van der Waals surface area contributed by atoms with E-state index in [1.807, 2.05) is 6.92 Å². The van der Waals surface area contributed by atoms with Gasteiger partial charge in [-0.1, -0.05) is 0 Å². The molecule has 5 heteroatoms. The molecular formula is C7H13N3OS. The fourth-order valence-electron chi connectivity index (χ4n) is 1.10. The average Bonchev–Trinajstić information content (AvgIpc) is 2.51. The van der Waals surface area contributed by atoms with Crippen LogP contribution < -0.4 is 11.2 Å². The molecule has 1 aliphatic heterocycles. The molecule has 12 heavy (non-hydrogen) atoms. The topological polar surface area (TPSA) is 59.6 Å². The van der Waals surface area contributed by atoms with Crippen molar-refractivity contribution in [1.29, 1.82) is 0 Å². The summed E-state index contributed by atoms with van der Waals surface area (Å²) < 4.78 is 5.21. The van der Waals surface area contributed by atoms with E-state index >= 15 is 0 Å². The number of hydrogen-bond acceptors (Lipinski definition) is 3. The van der Waals surface area contributed by atoms with E-state index in [2.05, 4.69) is 22.7 Å². The summed E-state index contributed by atoms with van der Waals surface area (Å²) in [5, 5.41) is 4.23. The van der Waals surface area contributed by atoms with E-state index in [1.165, 1.54) is 0 Å². The van der Waals surface area contributed by atoms with Gasteiger partial charge in [0, 0.05) is 18.2 Å². The maximum atomic E-state index is 5.22. The third kappa shape index (κ3) is 2.75. The number of hydrogen-bond donors (Lipinski definition) is 2. The second kappa shape index (κ2) is 4.37. The predicted molar refractivity (Wildman–Crippen MR) is 52.0 cm³/mol. The maximum absolute atomic E-state index is 5.22. The van der Waals surface area contributed by atoms with Crippen molar-refractivity contribution in [2.75, 3.05) is 13.2 Å². The van der Waals surface area contributed by atoms with E-state index in [0.29, 0.717) is 5.92 Å². The first-order valence-electron chi connectivity index (χ1n) is 3.87. The van der Waals surface area contributed by atoms with Crippen LogP contribution in [0.15, 0.2) is 5.10 Å². The quantitative estimate of drug-likeness (QED) is 0.369. The summed E-state index contributed by atoms with van der Waals surface area (Å²) in [6.07, 6.45) is 1.04. The molecule has 68 valence electrons. The number of thiocarbonyl (C=S) groups is 1. The second-order valence-electron chi connectivity index (χ2n) is 2.79. The van der Waals surface area contributed by atoms with E-state index < -0.39 is 0 Å². The fourth-order valence-corrected chi connectivity index (χ4v) is 1.14. The van der Waals surface area contributed by atoms with Gasteiger partial charge in [0.15, 0.2) is 5.11 Å². The lowest BCUT2D eigenvalue weighted by Crippen LogP contribution is -2.26. The van der Waals surface area contributed by atoms with Gasteiger partial charge in [0.05, 0.1) is 6.61 Å². The summed E-state index contributed by atoms with van der Waals surface area (Å²) in [7, 11) is 0. The molecule has 1 unspecified atom stereocenters. The Morgan fingerprint density at radius 1 is 1.75 bits per heavy atom. The molecule has 1 aliphatic rings. The van der Waals surface area contributed by atoms with Crippen LogP contribution in [0.3, 0.4) is 0 Å². The molecule has 1 saturated heterocycles. The molecular weight excluding hydrogens is 174 g/mol. The summed E-state index contributed by atoms with van der Waals surface area (Å²) in [4.78, 5) is 0. The molecule has 0 aromatic rings. The highest BCUT2D eigenvalue weighted by atomic mass is 32.1. The van der Waals surface area contributed by atoms with Crippen molar-refractivity contribution < 1.29 is 4.74 Å². The van der Waals surface area contributed by atoms with E-state index in [4.69, 9.17) is 10.5 Å². The van der Waals surface area contributed by atoms with E-state index in [1.54, 1.807) is 0 Å². The summed E-state index contributed by atoms with van der Waals surface area (Å²) >= 11 is 4.62. The fraction of sp³-hybridized carbons (Fsp3) is 0.714. The third-order valence-corrected chi connectivity index (χ3v) is 1.95. The van der Waals surface area contributed by atoms with Gasteiger partial charge in [-0.2, -0.15) is 5.10 Å². The van der Waals surface area contributed by atoms with Crippen LogP contribution in [-0.4, -0.2) is 24.0 Å². The van der Waals surface area contributed by atoms with Crippen molar-refractivity contribution in [3.8, 4) is 0 Å². The molecule has 0 spiro atoms. The first-order chi connectivity index (χ1) is 5.70. The Kier molecular flexibility index (Phi) is 3.43. The van der Waals surface area contributed by atoms with Gasteiger partial charge in [0.25, 0.3) is 0 Å². The highest BCUT2D eigenvalue weighted by Crippen LogP contribution is 2.13. The Balaban J connectivity index is 2.39. The average molecular weight is 187 g/mol. The second-order valence-corrected chi connectivity index (χ2v) is 3.23. The van der Waals surface area contributed by atoms with Crippen LogP contribution in [0.2, 0.25) is 0 Å². The monoisotopic (exact) mass is 187 g/mol. The SMILES string of the molecule is C/C(=N\NC(N)=S)C1CCOC1. The minimum atomic E-state index is 0.202. The van der Waals surface area contributed by atoms with Gasteiger partial charge in [0.1, 0.15) is 0 Å². The largest absolute Gasteiger partial charge is 0.381 e. The van der Waals surface area contributed by atoms with Gasteiger partial charge in [-0.05, 0) is 25.6 Å². The first kappa shape index (κ1) is 9.41. The van der Waals surface area contributed by atoms with Gasteiger partial charge in [-0.25, -0.2) is 0 Å². The number of nitrogens with zero attached hydrogens (tertiary/aromatic N) is 1. The normalized spacial score (nSPS) is 24.1. The van der Waals surface area contributed by atoms with E-state index in [9.17, 15) is 0 Å². The molecule has 1 atom stereocenters. The molecule has 0 amide bonds. The lowest BCUT2D eigenvalue weighted by Gasteiger charge is -2.06. The Hall–Kier alpha value is -0.680. The van der Waals surface area contributed by atoms with Crippen LogP contribution >= 0.6 is 12.2 Å². The minimum Gasteiger partial charge on any atom is -0.381 e. The molecule has 0 aromatic heterocycles. The third-order valence-electron chi connectivity index (χ3n) is 1.86. The van der Waals surface area contributed by atoms with Gasteiger partial charge < -0.3 is 10.5 Å². The zero-order chi connectivity index (χ0) is 8.97. The Morgan fingerprint density at radius 2 is 2.50 bits per heavy atom. The molecule has 0 aliphatic carbocycles. The summed E-state index contributed by atoms with van der Waals surface area (Å²) in [5.74, 6) is 0.423. The number of nitrogens with two attached hydrogens (primary N) is 1. The lowest BCUT2D eigenvalue weighted by molar-refractivity contribution is 0.193. The van der Waals surface area contributed by atoms with Crippen LogP contribution in [0.1, 0.15) is 13.3 Å². The molecule has 4 nitrogen and oxygen atoms in total. The van der Waals surface area contributed by atoms with Crippen molar-refractivity contribution >= 4 is 23.0 Å². The van der Waals surface area contributed by atoms with Gasteiger partial charge in [0.2, 0.25) is 0 Å². The molecule has 1 rings (SSSR count). The van der Waals surface area contributed by atoms with Crippen molar-refractivity contribution in [3.63, 3.8) is 0 Å². The predicted octanol–water partition coefficient (Wildman–Crippen LogP) is 0.232. The van der Waals surface area contributed by atoms with Gasteiger partial charge >= 0.3 is 0 Å². The highest BCUT2D eigenvalue weighted by Gasteiger charge is 2.18. The molecule has 1 fully saturated rings. The number of nitrogens with one attached hydrogen (secondary N) is 1. The van der Waals surface area contributed by atoms with Crippen molar-refractivity contribution in [2.24, 2.45) is 16.8 Å². The van der Waals surface area contributed by atoms with Crippen LogP contribution in [0, 0.1) is 5.92 Å². The zero-order valence-corrected chi connectivity index (χ0v) is 7.86. The highest BCUT2D eigenvalue weighted by molar-refractivity contribution is 7.80. The van der Waals surface area contributed by atoms with E-state index in [-0.39, 0.29) is 5.11 Å². The molecule has 0 radical (unpaired) electrons. The Morgan fingerprint density at radius 3 is 3.00 bits per heavy atom. The maximum Gasteiger partial charge on any atom is 0.184 e. The number of ether oxygens (including phenoxy) is 1. The number of hydrazone groups is 1. The number of rotatable bonds is 2. The first-order valence-corrected chi connectivity index (χ1v) is 4.28. The molecule has 0 bridgehead atoms. The minimum absolute atomic E-state index is 0.202. The van der Waals surface area contributed by atoms with Crippen LogP contribution in [0.4, 0.5) is 0 Å². The lowest BCUT2D eigenvalue weighted by atomic mass is 10.0. The van der Waals surface area contributed by atoms with Gasteiger partial charge in [-0.15, -0.1) is 0 Å². The summed E-state index contributed by atoms with van der Waals surface area (Å²) in [6, 6.07) is 0. The molecule has 1 heterocycles. The van der Waals surface area contributed by atoms with Crippen LogP contribution in [0.25, 0.3) is 0 Å². The molecule has 0 saturated carbocycles. The van der Waals surface area contributed by atoms with Crippen LogP contribution in [-0.2, 0) is 4.74 Å². The summed E-state index contributed by atoms with van der Waals surface area (Å²) in [6.45, 7) is 3.53.